The quantitative estimate of drug-likeness (QED) is 0.341. The van der Waals surface area contributed by atoms with Gasteiger partial charge in [0.2, 0.25) is 0 Å². The third-order valence-corrected chi connectivity index (χ3v) is 3.32. The smallest absolute Gasteiger partial charge is 0.108 e. The highest BCUT2D eigenvalue weighted by Gasteiger charge is 2.07. The van der Waals surface area contributed by atoms with Gasteiger partial charge in [0.15, 0.2) is 0 Å². The second-order valence-corrected chi connectivity index (χ2v) is 5.53. The maximum absolute atomic E-state index is 8.16. The molecule has 1 aromatic carbocycles. The number of hydrogen-bond acceptors (Lipinski definition) is 3. The van der Waals surface area contributed by atoms with Crippen molar-refractivity contribution in [3.05, 3.63) is 40.3 Å². The lowest BCUT2D eigenvalue weighted by Crippen LogP contribution is -2.21. The Morgan fingerprint density at radius 3 is 2.57 bits per heavy atom. The van der Waals surface area contributed by atoms with Gasteiger partial charge < -0.3 is 9.47 Å². The van der Waals surface area contributed by atoms with Crippen LogP contribution in [0.4, 0.5) is 5.69 Å². The highest BCUT2D eigenvalue weighted by atomic mass is 16.5. The minimum Gasteiger partial charge on any atom is -0.366 e. The molecular weight excluding hydrogens is 290 g/mol. The summed E-state index contributed by atoms with van der Waals surface area (Å²) >= 11 is 0. The van der Waals surface area contributed by atoms with E-state index < -0.39 is 0 Å². The summed E-state index contributed by atoms with van der Waals surface area (Å²) in [6.07, 6.45) is 2.47. The molecule has 2 rings (SSSR count). The standard InChI is InChI=1S/C9H11N3.C9H14O2/c1-7(2)8-3-5-9(6-4-8)11-12-10;1-2-5-9-8-10-6-3-4-7-11-9/h3-7H,1-2H3;9H,2,5-8H2,1H3. The summed E-state index contributed by atoms with van der Waals surface area (Å²) in [6, 6.07) is 7.62. The molecule has 0 saturated carbocycles. The molecule has 5 nitrogen and oxygen atoms in total. The molecule has 23 heavy (non-hydrogen) atoms. The summed E-state index contributed by atoms with van der Waals surface area (Å²) in [5.41, 5.74) is 10.1. The van der Waals surface area contributed by atoms with Crippen LogP contribution in [0, 0.1) is 11.8 Å². The molecule has 1 aliphatic rings. The van der Waals surface area contributed by atoms with Gasteiger partial charge in [-0.25, -0.2) is 0 Å². The van der Waals surface area contributed by atoms with E-state index in [9.17, 15) is 0 Å². The Bertz CT molecular complexity index is 552. The number of nitrogens with zero attached hydrogens (tertiary/aromatic N) is 3. The lowest BCUT2D eigenvalue weighted by molar-refractivity contribution is -0.00291. The average Bonchev–Trinajstić information content (AvgIpc) is 2.51. The first-order valence-corrected chi connectivity index (χ1v) is 7.97. The van der Waals surface area contributed by atoms with Crippen molar-refractivity contribution in [3.8, 4) is 11.8 Å². The molecule has 0 saturated heterocycles. The van der Waals surface area contributed by atoms with E-state index in [2.05, 4.69) is 42.6 Å². The summed E-state index contributed by atoms with van der Waals surface area (Å²) in [7, 11) is 0. The average molecular weight is 315 g/mol. The van der Waals surface area contributed by atoms with Crippen LogP contribution in [-0.2, 0) is 9.47 Å². The summed E-state index contributed by atoms with van der Waals surface area (Å²) in [5.74, 6) is 6.25. The summed E-state index contributed by atoms with van der Waals surface area (Å²) < 4.78 is 10.7. The zero-order valence-electron chi connectivity index (χ0n) is 14.2. The molecule has 0 aliphatic carbocycles. The van der Waals surface area contributed by atoms with E-state index >= 15 is 0 Å². The van der Waals surface area contributed by atoms with Crippen LogP contribution in [0.25, 0.3) is 10.4 Å². The number of benzene rings is 1. The molecule has 0 fully saturated rings. The fourth-order valence-corrected chi connectivity index (χ4v) is 2.02. The Hall–Kier alpha value is -1.99. The Morgan fingerprint density at radius 2 is 1.96 bits per heavy atom. The van der Waals surface area contributed by atoms with Gasteiger partial charge in [0.05, 0.1) is 12.7 Å². The van der Waals surface area contributed by atoms with Gasteiger partial charge in [0.25, 0.3) is 0 Å². The second-order valence-electron chi connectivity index (χ2n) is 5.53. The molecule has 0 amide bonds. The molecule has 0 radical (unpaired) electrons. The maximum atomic E-state index is 8.16. The fourth-order valence-electron chi connectivity index (χ4n) is 2.02. The van der Waals surface area contributed by atoms with E-state index in [1.807, 2.05) is 24.3 Å². The van der Waals surface area contributed by atoms with Crippen molar-refractivity contribution in [1.29, 1.82) is 0 Å². The Balaban J connectivity index is 0.000000231. The Morgan fingerprint density at radius 1 is 1.26 bits per heavy atom. The number of azide groups is 1. The molecule has 1 aliphatic heterocycles. The maximum Gasteiger partial charge on any atom is 0.108 e. The molecule has 124 valence electrons. The van der Waals surface area contributed by atoms with Crippen molar-refractivity contribution in [1.82, 2.24) is 0 Å². The van der Waals surface area contributed by atoms with Crippen LogP contribution < -0.4 is 0 Å². The fraction of sp³-hybridized carbons (Fsp3) is 0.556. The molecule has 0 aromatic heterocycles. The van der Waals surface area contributed by atoms with Crippen molar-refractivity contribution in [3.63, 3.8) is 0 Å². The van der Waals surface area contributed by atoms with Crippen molar-refractivity contribution in [2.45, 2.75) is 45.6 Å². The largest absolute Gasteiger partial charge is 0.366 e. The first-order valence-electron chi connectivity index (χ1n) is 7.97. The second kappa shape index (κ2) is 11.6. The highest BCUT2D eigenvalue weighted by Crippen LogP contribution is 2.18. The SMILES string of the molecule is CC(C)c1ccc(N=[N+]=[N-])cc1.CCCC1COCC#CCO1. The van der Waals surface area contributed by atoms with Gasteiger partial charge in [0.1, 0.15) is 13.2 Å². The van der Waals surface area contributed by atoms with E-state index in [4.69, 9.17) is 15.0 Å². The third kappa shape index (κ3) is 8.27. The van der Waals surface area contributed by atoms with Gasteiger partial charge in [0, 0.05) is 10.6 Å². The van der Waals surface area contributed by atoms with Crippen LogP contribution in [0.3, 0.4) is 0 Å². The molecule has 0 bridgehead atoms. The molecular formula is C18H25N3O2. The van der Waals surface area contributed by atoms with Gasteiger partial charge in [-0.15, -0.1) is 0 Å². The van der Waals surface area contributed by atoms with Crippen molar-refractivity contribution in [2.24, 2.45) is 5.11 Å². The zero-order valence-corrected chi connectivity index (χ0v) is 14.2. The number of hydrogen-bond donors (Lipinski definition) is 0. The lowest BCUT2D eigenvalue weighted by Gasteiger charge is -2.16. The van der Waals surface area contributed by atoms with Gasteiger partial charge in [-0.3, -0.25) is 0 Å². The van der Waals surface area contributed by atoms with Crippen LogP contribution in [0.2, 0.25) is 0 Å². The van der Waals surface area contributed by atoms with Crippen LogP contribution in [0.1, 0.15) is 45.1 Å². The van der Waals surface area contributed by atoms with Crippen LogP contribution in [0.5, 0.6) is 0 Å². The zero-order chi connectivity index (χ0) is 16.9. The lowest BCUT2D eigenvalue weighted by atomic mass is 10.0. The van der Waals surface area contributed by atoms with Gasteiger partial charge in [-0.05, 0) is 23.4 Å². The summed E-state index contributed by atoms with van der Waals surface area (Å²) in [6.45, 7) is 8.22. The predicted octanol–water partition coefficient (Wildman–Crippen LogP) is 4.96. The molecule has 1 unspecified atom stereocenters. The van der Waals surface area contributed by atoms with E-state index in [1.165, 1.54) is 5.56 Å². The Kier molecular flexibility index (Phi) is 9.58. The Labute approximate surface area is 138 Å². The van der Waals surface area contributed by atoms with Crippen LogP contribution in [0.15, 0.2) is 29.4 Å². The van der Waals surface area contributed by atoms with Crippen molar-refractivity contribution in [2.75, 3.05) is 19.8 Å². The summed E-state index contributed by atoms with van der Waals surface area (Å²) in [4.78, 5) is 2.71. The molecule has 5 heteroatoms. The minimum atomic E-state index is 0.259. The molecule has 0 N–H and O–H groups in total. The molecule has 1 aromatic rings. The monoisotopic (exact) mass is 315 g/mol. The van der Waals surface area contributed by atoms with Crippen molar-refractivity contribution < 1.29 is 9.47 Å². The predicted molar refractivity (Wildman–Crippen MR) is 92.6 cm³/mol. The van der Waals surface area contributed by atoms with E-state index in [1.54, 1.807) is 0 Å². The van der Waals surface area contributed by atoms with E-state index in [0.29, 0.717) is 31.4 Å². The topological polar surface area (TPSA) is 67.2 Å². The minimum absolute atomic E-state index is 0.259. The van der Waals surface area contributed by atoms with Gasteiger partial charge in [-0.1, -0.05) is 68.4 Å². The highest BCUT2D eigenvalue weighted by molar-refractivity contribution is 5.39. The van der Waals surface area contributed by atoms with Crippen LogP contribution in [-0.4, -0.2) is 25.9 Å². The molecule has 1 atom stereocenters. The normalized spacial score (nSPS) is 16.8. The van der Waals surface area contributed by atoms with Crippen LogP contribution >= 0.6 is 0 Å². The molecule has 0 spiro atoms. The first kappa shape index (κ1) is 19.1. The van der Waals surface area contributed by atoms with Gasteiger partial charge in [-0.2, -0.15) is 0 Å². The summed E-state index contributed by atoms with van der Waals surface area (Å²) in [5, 5.41) is 3.49. The number of rotatable bonds is 4. The third-order valence-electron chi connectivity index (χ3n) is 3.32. The van der Waals surface area contributed by atoms with E-state index in [0.717, 1.165) is 12.8 Å². The van der Waals surface area contributed by atoms with Gasteiger partial charge >= 0.3 is 0 Å². The molecule has 1 heterocycles. The first-order chi connectivity index (χ1) is 11.2. The van der Waals surface area contributed by atoms with Crippen molar-refractivity contribution >= 4 is 5.69 Å². The number of ether oxygens (including phenoxy) is 2. The van der Waals surface area contributed by atoms with E-state index in [-0.39, 0.29) is 6.10 Å².